The van der Waals surface area contributed by atoms with Crippen molar-refractivity contribution in [1.82, 2.24) is 4.98 Å². The molecule has 0 bridgehead atoms. The van der Waals surface area contributed by atoms with Gasteiger partial charge in [0.2, 0.25) is 0 Å². The van der Waals surface area contributed by atoms with Gasteiger partial charge in [-0.1, -0.05) is 35.8 Å². The summed E-state index contributed by atoms with van der Waals surface area (Å²) in [5.41, 5.74) is 2.71. The molecule has 2 heteroatoms. The van der Waals surface area contributed by atoms with E-state index in [1.54, 1.807) is 0 Å². The molecule has 0 fully saturated rings. The van der Waals surface area contributed by atoms with Crippen molar-refractivity contribution >= 4 is 15.9 Å². The van der Waals surface area contributed by atoms with Crippen LogP contribution in [0, 0.1) is 12.3 Å². The smallest absolute Gasteiger partial charge is 0.0372 e. The SMILES string of the molecule is Cc1ccc(CC(C)(C)CBr)cn1. The van der Waals surface area contributed by atoms with Gasteiger partial charge >= 0.3 is 0 Å². The van der Waals surface area contributed by atoms with Crippen LogP contribution < -0.4 is 0 Å². The van der Waals surface area contributed by atoms with E-state index < -0.39 is 0 Å². The fraction of sp³-hybridized carbons (Fsp3) is 0.545. The number of aromatic nitrogens is 1. The molecule has 1 nitrogen and oxygen atoms in total. The Kier molecular flexibility index (Phi) is 3.48. The normalized spacial score (nSPS) is 11.7. The lowest BCUT2D eigenvalue weighted by Gasteiger charge is -2.21. The van der Waals surface area contributed by atoms with E-state index in [4.69, 9.17) is 0 Å². The van der Waals surface area contributed by atoms with E-state index in [2.05, 4.69) is 46.9 Å². The summed E-state index contributed by atoms with van der Waals surface area (Å²) in [6, 6.07) is 4.23. The average Bonchev–Trinajstić information content (AvgIpc) is 2.09. The molecule has 1 heterocycles. The highest BCUT2D eigenvalue weighted by Gasteiger charge is 2.16. The van der Waals surface area contributed by atoms with Crippen LogP contribution in [0.15, 0.2) is 18.3 Å². The van der Waals surface area contributed by atoms with Gasteiger partial charge in [0.15, 0.2) is 0 Å². The number of hydrogen-bond donors (Lipinski definition) is 0. The highest BCUT2D eigenvalue weighted by atomic mass is 79.9. The Morgan fingerprint density at radius 2 is 2.08 bits per heavy atom. The molecule has 0 radical (unpaired) electrons. The molecule has 0 aliphatic rings. The van der Waals surface area contributed by atoms with Gasteiger partial charge in [-0.2, -0.15) is 0 Å². The summed E-state index contributed by atoms with van der Waals surface area (Å²) in [6.07, 6.45) is 3.05. The van der Waals surface area contributed by atoms with Crippen molar-refractivity contribution in [3.63, 3.8) is 0 Å². The largest absolute Gasteiger partial charge is 0.261 e. The predicted molar refractivity (Wildman–Crippen MR) is 60.3 cm³/mol. The maximum Gasteiger partial charge on any atom is 0.0372 e. The first-order valence-electron chi connectivity index (χ1n) is 4.51. The van der Waals surface area contributed by atoms with Gasteiger partial charge in [0.05, 0.1) is 0 Å². The summed E-state index contributed by atoms with van der Waals surface area (Å²) in [6.45, 7) is 6.52. The zero-order valence-corrected chi connectivity index (χ0v) is 10.1. The van der Waals surface area contributed by atoms with Gasteiger partial charge in [-0.05, 0) is 30.4 Å². The van der Waals surface area contributed by atoms with Crippen molar-refractivity contribution in [3.05, 3.63) is 29.6 Å². The molecule has 0 amide bonds. The maximum atomic E-state index is 4.28. The maximum absolute atomic E-state index is 4.28. The number of pyridine rings is 1. The second-order valence-electron chi connectivity index (χ2n) is 4.28. The quantitative estimate of drug-likeness (QED) is 0.740. The molecule has 0 spiro atoms. The van der Waals surface area contributed by atoms with Crippen molar-refractivity contribution in [2.75, 3.05) is 5.33 Å². The van der Waals surface area contributed by atoms with Crippen LogP contribution >= 0.6 is 15.9 Å². The molecule has 0 saturated carbocycles. The zero-order valence-electron chi connectivity index (χ0n) is 8.47. The molecule has 72 valence electrons. The Morgan fingerprint density at radius 3 is 2.54 bits per heavy atom. The van der Waals surface area contributed by atoms with E-state index in [0.717, 1.165) is 17.4 Å². The second-order valence-corrected chi connectivity index (χ2v) is 4.84. The number of nitrogens with zero attached hydrogens (tertiary/aromatic N) is 1. The Bertz CT molecular complexity index is 264. The Morgan fingerprint density at radius 1 is 1.38 bits per heavy atom. The van der Waals surface area contributed by atoms with Gasteiger partial charge in [0, 0.05) is 17.2 Å². The van der Waals surface area contributed by atoms with Crippen LogP contribution in [0.1, 0.15) is 25.1 Å². The van der Waals surface area contributed by atoms with Crippen LogP contribution in [0.5, 0.6) is 0 Å². The third-order valence-electron chi connectivity index (χ3n) is 2.02. The van der Waals surface area contributed by atoms with Crippen molar-refractivity contribution < 1.29 is 0 Å². The molecular weight excluding hydrogens is 226 g/mol. The molecule has 13 heavy (non-hydrogen) atoms. The first-order chi connectivity index (χ1) is 6.03. The zero-order chi connectivity index (χ0) is 9.90. The van der Waals surface area contributed by atoms with Crippen LogP contribution in [0.4, 0.5) is 0 Å². The highest BCUT2D eigenvalue weighted by molar-refractivity contribution is 9.09. The third kappa shape index (κ3) is 3.47. The van der Waals surface area contributed by atoms with Gasteiger partial charge in [-0.15, -0.1) is 0 Å². The Hall–Kier alpha value is -0.370. The molecule has 0 unspecified atom stereocenters. The minimum Gasteiger partial charge on any atom is -0.261 e. The van der Waals surface area contributed by atoms with Crippen LogP contribution in [-0.2, 0) is 6.42 Å². The van der Waals surface area contributed by atoms with Gasteiger partial charge < -0.3 is 0 Å². The van der Waals surface area contributed by atoms with Gasteiger partial charge in [0.1, 0.15) is 0 Å². The number of hydrogen-bond acceptors (Lipinski definition) is 1. The molecular formula is C11H16BrN. The number of halogens is 1. The van der Waals surface area contributed by atoms with Crippen molar-refractivity contribution in [3.8, 4) is 0 Å². The minimum atomic E-state index is 0.316. The third-order valence-corrected chi connectivity index (χ3v) is 3.54. The minimum absolute atomic E-state index is 0.316. The first kappa shape index (κ1) is 10.7. The molecule has 0 N–H and O–H groups in total. The lowest BCUT2D eigenvalue weighted by molar-refractivity contribution is 0.424. The highest BCUT2D eigenvalue weighted by Crippen LogP contribution is 2.23. The molecule has 1 aromatic rings. The summed E-state index contributed by atoms with van der Waals surface area (Å²) < 4.78 is 0. The Balaban J connectivity index is 2.69. The molecule has 0 aliphatic carbocycles. The number of alkyl halides is 1. The lowest BCUT2D eigenvalue weighted by Crippen LogP contribution is -2.16. The van der Waals surface area contributed by atoms with Crippen LogP contribution in [0.3, 0.4) is 0 Å². The molecule has 0 atom stereocenters. The monoisotopic (exact) mass is 241 g/mol. The van der Waals surface area contributed by atoms with E-state index in [0.29, 0.717) is 5.41 Å². The van der Waals surface area contributed by atoms with E-state index in [9.17, 15) is 0 Å². The van der Waals surface area contributed by atoms with Gasteiger partial charge in [0.25, 0.3) is 0 Å². The van der Waals surface area contributed by atoms with Crippen LogP contribution in [0.25, 0.3) is 0 Å². The van der Waals surface area contributed by atoms with Gasteiger partial charge in [-0.25, -0.2) is 0 Å². The molecule has 0 aliphatic heterocycles. The average molecular weight is 242 g/mol. The summed E-state index contributed by atoms with van der Waals surface area (Å²) in [4.78, 5) is 4.28. The molecule has 1 rings (SSSR count). The lowest BCUT2D eigenvalue weighted by atomic mass is 9.89. The predicted octanol–water partition coefficient (Wildman–Crippen LogP) is 3.35. The van der Waals surface area contributed by atoms with E-state index in [-0.39, 0.29) is 0 Å². The Labute approximate surface area is 88.7 Å². The van der Waals surface area contributed by atoms with E-state index in [1.807, 2.05) is 13.1 Å². The molecule has 1 aromatic heterocycles. The van der Waals surface area contributed by atoms with Crippen molar-refractivity contribution in [2.45, 2.75) is 27.2 Å². The topological polar surface area (TPSA) is 12.9 Å². The first-order valence-corrected chi connectivity index (χ1v) is 5.63. The second kappa shape index (κ2) is 4.23. The van der Waals surface area contributed by atoms with Crippen LogP contribution in [-0.4, -0.2) is 10.3 Å². The molecule has 0 saturated heterocycles. The summed E-state index contributed by atoms with van der Waals surface area (Å²) in [5, 5.41) is 1.02. The summed E-state index contributed by atoms with van der Waals surface area (Å²) in [5.74, 6) is 0. The van der Waals surface area contributed by atoms with Crippen LogP contribution in [0.2, 0.25) is 0 Å². The fourth-order valence-electron chi connectivity index (χ4n) is 1.20. The van der Waals surface area contributed by atoms with Crippen molar-refractivity contribution in [1.29, 1.82) is 0 Å². The molecule has 0 aromatic carbocycles. The standard InChI is InChI=1S/C11H16BrN/c1-9-4-5-10(7-13-9)6-11(2,3)8-12/h4-5,7H,6,8H2,1-3H3. The van der Waals surface area contributed by atoms with Gasteiger partial charge in [-0.3, -0.25) is 4.98 Å². The van der Waals surface area contributed by atoms with E-state index in [1.165, 1.54) is 5.56 Å². The summed E-state index contributed by atoms with van der Waals surface area (Å²) in [7, 11) is 0. The number of rotatable bonds is 3. The van der Waals surface area contributed by atoms with Crippen molar-refractivity contribution in [2.24, 2.45) is 5.41 Å². The summed E-state index contributed by atoms with van der Waals surface area (Å²) >= 11 is 3.52. The van der Waals surface area contributed by atoms with E-state index >= 15 is 0 Å². The fourth-order valence-corrected chi connectivity index (χ4v) is 1.40. The number of aryl methyl sites for hydroxylation is 1.